The van der Waals surface area contributed by atoms with Crippen molar-refractivity contribution in [3.8, 4) is 0 Å². The highest BCUT2D eigenvalue weighted by molar-refractivity contribution is 5.94. The summed E-state index contributed by atoms with van der Waals surface area (Å²) in [6.45, 7) is 6.29. The smallest absolute Gasteiger partial charge is 0.251 e. The number of aliphatic imine (C=N–C) groups is 1. The second kappa shape index (κ2) is 11.7. The minimum absolute atomic E-state index is 0.0524. The molecule has 2 aromatic carbocycles. The Bertz CT molecular complexity index is 774. The van der Waals surface area contributed by atoms with Crippen LogP contribution < -0.4 is 16.0 Å². The summed E-state index contributed by atoms with van der Waals surface area (Å²) in [4.78, 5) is 16.6. The fraction of sp³-hybridized carbons (Fsp3) is 0.364. The highest BCUT2D eigenvalue weighted by Crippen LogP contribution is 2.07. The zero-order valence-corrected chi connectivity index (χ0v) is 16.6. The molecule has 0 fully saturated rings. The Morgan fingerprint density at radius 3 is 2.43 bits per heavy atom. The number of guanidine groups is 1. The van der Waals surface area contributed by atoms with E-state index in [9.17, 15) is 9.18 Å². The number of rotatable bonds is 9. The van der Waals surface area contributed by atoms with Crippen molar-refractivity contribution in [2.75, 3.05) is 13.1 Å². The van der Waals surface area contributed by atoms with Gasteiger partial charge < -0.3 is 16.0 Å². The summed E-state index contributed by atoms with van der Waals surface area (Å²) in [5.41, 5.74) is 2.23. The maximum absolute atomic E-state index is 13.7. The summed E-state index contributed by atoms with van der Waals surface area (Å²) in [7, 11) is 0. The van der Waals surface area contributed by atoms with Gasteiger partial charge in [0.15, 0.2) is 5.96 Å². The first-order valence-corrected chi connectivity index (χ1v) is 9.76. The molecule has 0 spiro atoms. The quantitative estimate of drug-likeness (QED) is 0.352. The minimum atomic E-state index is -0.237. The largest absolute Gasteiger partial charge is 0.357 e. The molecule has 2 rings (SSSR count). The Kier molecular flexibility index (Phi) is 8.98. The van der Waals surface area contributed by atoms with E-state index in [1.807, 2.05) is 37.3 Å². The van der Waals surface area contributed by atoms with Crippen LogP contribution in [0.15, 0.2) is 53.5 Å². The summed E-state index contributed by atoms with van der Waals surface area (Å²) in [6.07, 6.45) is 2.03. The SMILES string of the molecule is CCCCNC(=O)c1ccc(CN=C(NCC)NCc2ccccc2F)cc1. The van der Waals surface area contributed by atoms with Crippen molar-refractivity contribution < 1.29 is 9.18 Å². The minimum Gasteiger partial charge on any atom is -0.357 e. The van der Waals surface area contributed by atoms with Crippen LogP contribution in [-0.2, 0) is 13.1 Å². The number of amides is 1. The van der Waals surface area contributed by atoms with E-state index in [1.54, 1.807) is 12.1 Å². The Morgan fingerprint density at radius 2 is 1.75 bits per heavy atom. The average Bonchev–Trinajstić information content (AvgIpc) is 2.71. The van der Waals surface area contributed by atoms with Gasteiger partial charge in [0.25, 0.3) is 5.91 Å². The van der Waals surface area contributed by atoms with Crippen LogP contribution in [0.4, 0.5) is 4.39 Å². The predicted molar refractivity (Wildman–Crippen MR) is 112 cm³/mol. The summed E-state index contributed by atoms with van der Waals surface area (Å²) in [5.74, 6) is 0.328. The molecular weight excluding hydrogens is 355 g/mol. The first-order chi connectivity index (χ1) is 13.6. The molecule has 2 aromatic rings. The summed E-state index contributed by atoms with van der Waals surface area (Å²) in [5, 5.41) is 9.20. The van der Waals surface area contributed by atoms with Crippen molar-refractivity contribution >= 4 is 11.9 Å². The molecule has 0 unspecified atom stereocenters. The van der Waals surface area contributed by atoms with Gasteiger partial charge >= 0.3 is 0 Å². The first-order valence-electron chi connectivity index (χ1n) is 9.76. The first kappa shape index (κ1) is 21.4. The number of carbonyl (C=O) groups is 1. The zero-order chi connectivity index (χ0) is 20.2. The van der Waals surface area contributed by atoms with Crippen LogP contribution in [0.3, 0.4) is 0 Å². The van der Waals surface area contributed by atoms with Crippen molar-refractivity contribution in [2.24, 2.45) is 4.99 Å². The maximum atomic E-state index is 13.7. The number of halogens is 1. The van der Waals surface area contributed by atoms with Crippen molar-refractivity contribution in [3.05, 3.63) is 71.0 Å². The van der Waals surface area contributed by atoms with E-state index in [0.717, 1.165) is 18.4 Å². The third kappa shape index (κ3) is 7.02. The molecule has 0 aliphatic heterocycles. The standard InChI is InChI=1S/C22H29FN4O/c1-3-5-14-25-21(28)18-12-10-17(11-13-18)15-26-22(24-4-2)27-16-19-8-6-7-9-20(19)23/h6-13H,3-5,14-16H2,1-2H3,(H,25,28)(H2,24,26,27). The van der Waals surface area contributed by atoms with Crippen LogP contribution in [0.1, 0.15) is 48.2 Å². The van der Waals surface area contributed by atoms with Gasteiger partial charge in [-0.15, -0.1) is 0 Å². The van der Waals surface area contributed by atoms with Gasteiger partial charge in [0.2, 0.25) is 0 Å². The summed E-state index contributed by atoms with van der Waals surface area (Å²) >= 11 is 0. The fourth-order valence-electron chi connectivity index (χ4n) is 2.58. The molecular formula is C22H29FN4O. The molecule has 0 aliphatic carbocycles. The lowest BCUT2D eigenvalue weighted by Crippen LogP contribution is -2.37. The third-order valence-corrected chi connectivity index (χ3v) is 4.20. The topological polar surface area (TPSA) is 65.5 Å². The summed E-state index contributed by atoms with van der Waals surface area (Å²) in [6, 6.07) is 14.1. The van der Waals surface area contributed by atoms with Crippen LogP contribution in [0, 0.1) is 5.82 Å². The van der Waals surface area contributed by atoms with E-state index in [4.69, 9.17) is 0 Å². The molecule has 0 atom stereocenters. The van der Waals surface area contributed by atoms with Crippen LogP contribution >= 0.6 is 0 Å². The van der Waals surface area contributed by atoms with E-state index >= 15 is 0 Å². The Balaban J connectivity index is 1.92. The van der Waals surface area contributed by atoms with Gasteiger partial charge in [-0.05, 0) is 37.1 Å². The Hall–Kier alpha value is -2.89. The zero-order valence-electron chi connectivity index (χ0n) is 16.6. The average molecular weight is 384 g/mol. The molecule has 150 valence electrons. The molecule has 28 heavy (non-hydrogen) atoms. The molecule has 5 nitrogen and oxygen atoms in total. The normalized spacial score (nSPS) is 11.2. The highest BCUT2D eigenvalue weighted by atomic mass is 19.1. The maximum Gasteiger partial charge on any atom is 0.251 e. The number of unbranched alkanes of at least 4 members (excludes halogenated alkanes) is 1. The van der Waals surface area contributed by atoms with Crippen molar-refractivity contribution in [1.29, 1.82) is 0 Å². The second-order valence-electron chi connectivity index (χ2n) is 6.45. The van der Waals surface area contributed by atoms with Crippen LogP contribution in [0.2, 0.25) is 0 Å². The third-order valence-electron chi connectivity index (χ3n) is 4.20. The van der Waals surface area contributed by atoms with Gasteiger partial charge in [0, 0.05) is 30.8 Å². The number of nitrogens with one attached hydrogen (secondary N) is 3. The van der Waals surface area contributed by atoms with Crippen LogP contribution in [0.25, 0.3) is 0 Å². The van der Waals surface area contributed by atoms with Gasteiger partial charge in [0.05, 0.1) is 6.54 Å². The number of hydrogen-bond acceptors (Lipinski definition) is 2. The van der Waals surface area contributed by atoms with Crippen molar-refractivity contribution in [1.82, 2.24) is 16.0 Å². The predicted octanol–water partition coefficient (Wildman–Crippen LogP) is 3.61. The van der Waals surface area contributed by atoms with E-state index in [1.165, 1.54) is 6.07 Å². The molecule has 0 heterocycles. The van der Waals surface area contributed by atoms with Gasteiger partial charge in [-0.1, -0.05) is 43.7 Å². The van der Waals surface area contributed by atoms with Crippen LogP contribution in [-0.4, -0.2) is 25.0 Å². The lowest BCUT2D eigenvalue weighted by molar-refractivity contribution is 0.0953. The lowest BCUT2D eigenvalue weighted by atomic mass is 10.1. The Morgan fingerprint density at radius 1 is 1.00 bits per heavy atom. The van der Waals surface area contributed by atoms with Crippen LogP contribution in [0.5, 0.6) is 0 Å². The fourth-order valence-corrected chi connectivity index (χ4v) is 2.58. The second-order valence-corrected chi connectivity index (χ2v) is 6.45. The van der Waals surface area contributed by atoms with E-state index < -0.39 is 0 Å². The molecule has 0 aliphatic rings. The van der Waals surface area contributed by atoms with Gasteiger partial charge in [-0.3, -0.25) is 4.79 Å². The van der Waals surface area contributed by atoms with Gasteiger partial charge in [0.1, 0.15) is 5.82 Å². The number of nitrogens with zero attached hydrogens (tertiary/aromatic N) is 1. The monoisotopic (exact) mass is 384 g/mol. The van der Waals surface area contributed by atoms with Gasteiger partial charge in [-0.25, -0.2) is 9.38 Å². The molecule has 0 saturated carbocycles. The summed E-state index contributed by atoms with van der Waals surface area (Å²) < 4.78 is 13.7. The molecule has 6 heteroatoms. The van der Waals surface area contributed by atoms with Crippen molar-refractivity contribution in [2.45, 2.75) is 39.8 Å². The lowest BCUT2D eigenvalue weighted by Gasteiger charge is -2.12. The molecule has 0 aromatic heterocycles. The molecule has 1 amide bonds. The highest BCUT2D eigenvalue weighted by Gasteiger charge is 2.05. The Labute approximate surface area is 166 Å². The number of hydrogen-bond donors (Lipinski definition) is 3. The van der Waals surface area contributed by atoms with Gasteiger partial charge in [-0.2, -0.15) is 0 Å². The van der Waals surface area contributed by atoms with Crippen molar-refractivity contribution in [3.63, 3.8) is 0 Å². The molecule has 3 N–H and O–H groups in total. The molecule has 0 bridgehead atoms. The number of carbonyl (C=O) groups excluding carboxylic acids is 1. The molecule has 0 radical (unpaired) electrons. The number of benzene rings is 2. The van der Waals surface area contributed by atoms with E-state index in [2.05, 4.69) is 27.9 Å². The molecule has 0 saturated heterocycles. The van der Waals surface area contributed by atoms with E-state index in [-0.39, 0.29) is 11.7 Å². The van der Waals surface area contributed by atoms with E-state index in [0.29, 0.717) is 43.3 Å².